The minimum Gasteiger partial charge on any atom is -0.502 e. The Morgan fingerprint density at radius 2 is 2.03 bits per heavy atom. The van der Waals surface area contributed by atoms with Gasteiger partial charge in [-0.15, -0.1) is 12.4 Å². The van der Waals surface area contributed by atoms with Crippen LogP contribution in [-0.4, -0.2) is 58.7 Å². The van der Waals surface area contributed by atoms with Crippen LogP contribution in [0.1, 0.15) is 39.8 Å². The van der Waals surface area contributed by atoms with E-state index in [-0.39, 0.29) is 48.2 Å². The third-order valence-electron chi connectivity index (χ3n) is 5.73. The van der Waals surface area contributed by atoms with Gasteiger partial charge in [0.25, 0.3) is 5.91 Å². The van der Waals surface area contributed by atoms with Gasteiger partial charge in [0, 0.05) is 44.9 Å². The molecule has 0 saturated carbocycles. The number of ketones is 1. The highest BCUT2D eigenvalue weighted by Gasteiger charge is 2.40. The first-order valence-corrected chi connectivity index (χ1v) is 10.1. The number of hydrogen-bond acceptors (Lipinski definition) is 6. The van der Waals surface area contributed by atoms with E-state index in [1.807, 2.05) is 11.9 Å². The lowest BCUT2D eigenvalue weighted by Gasteiger charge is -2.48. The molecule has 0 radical (unpaired) electrons. The van der Waals surface area contributed by atoms with Crippen LogP contribution in [0.5, 0.6) is 5.75 Å². The van der Waals surface area contributed by atoms with E-state index in [0.29, 0.717) is 26.2 Å². The summed E-state index contributed by atoms with van der Waals surface area (Å²) in [5.41, 5.74) is -1.24. The fourth-order valence-electron chi connectivity index (χ4n) is 4.12. The molecule has 0 unspecified atom stereocenters. The highest BCUT2D eigenvalue weighted by molar-refractivity contribution is 6.00. The number of piperazine rings is 1. The van der Waals surface area contributed by atoms with E-state index in [1.165, 1.54) is 16.9 Å². The molecule has 1 aromatic carbocycles. The van der Waals surface area contributed by atoms with Crippen LogP contribution in [0, 0.1) is 11.6 Å². The number of nitrogens with one attached hydrogen (secondary N) is 1. The maximum Gasteiger partial charge on any atom is 0.278 e. The molecule has 3 heterocycles. The summed E-state index contributed by atoms with van der Waals surface area (Å²) in [7, 11) is 0. The Bertz CT molecular complexity index is 1120. The third-order valence-corrected chi connectivity index (χ3v) is 5.73. The number of aryl methyl sites for hydroxylation is 1. The summed E-state index contributed by atoms with van der Waals surface area (Å²) in [6.07, 6.45) is 0.712. The predicted octanol–water partition coefficient (Wildman–Crippen LogP) is 1.41. The zero-order chi connectivity index (χ0) is 22.3. The monoisotopic (exact) mass is 468 g/mol. The van der Waals surface area contributed by atoms with E-state index >= 15 is 0 Å². The fraction of sp³-hybridized carbons (Fsp3) is 0.381. The maximum absolute atomic E-state index is 13.9. The zero-order valence-electron chi connectivity index (χ0n) is 17.3. The third kappa shape index (κ3) is 3.95. The average molecular weight is 469 g/mol. The lowest BCUT2D eigenvalue weighted by molar-refractivity contribution is 0.0554. The van der Waals surface area contributed by atoms with E-state index in [4.69, 9.17) is 0 Å². The molecule has 8 nitrogen and oxygen atoms in total. The molecule has 0 bridgehead atoms. The molecule has 32 heavy (non-hydrogen) atoms. The van der Waals surface area contributed by atoms with Crippen molar-refractivity contribution in [3.8, 4) is 5.75 Å². The van der Waals surface area contributed by atoms with Crippen LogP contribution in [0.4, 0.5) is 8.78 Å². The number of amides is 1. The standard InChI is InChI=1S/C21H22F2N4O4.ClH/c1-2-25-17-10-24-7-8-26(17)27-11-14(19(29)20(30)18(27)21(25)31)16(28)6-4-12-3-5-13(22)9-15(12)23;/h3,5,9,11,17,24,30H,2,4,6-8,10H2,1H3;1H/t17-;/m0./s1. The number of hydrogen-bond donors (Lipinski definition) is 2. The number of pyridine rings is 1. The van der Waals surface area contributed by atoms with Crippen LogP contribution in [0.15, 0.2) is 29.2 Å². The molecule has 2 N–H and O–H groups in total. The number of aromatic hydroxyl groups is 1. The van der Waals surface area contributed by atoms with Crippen molar-refractivity contribution in [2.45, 2.75) is 25.9 Å². The number of nitrogens with zero attached hydrogens (tertiary/aromatic N) is 3. The Balaban J connectivity index is 0.00000289. The van der Waals surface area contributed by atoms with Crippen molar-refractivity contribution >= 4 is 24.1 Å². The molecule has 11 heteroatoms. The Morgan fingerprint density at radius 1 is 1.28 bits per heavy atom. The number of carbonyl (C=O) groups is 2. The molecule has 0 aliphatic carbocycles. The summed E-state index contributed by atoms with van der Waals surface area (Å²) in [5.74, 6) is -3.36. The molecular formula is C21H23ClF2N4O4. The molecule has 1 amide bonds. The Labute approximate surface area is 188 Å². The number of Topliss-reactive ketones (excluding diaryl/α,β-unsaturated/α-hetero) is 1. The van der Waals surface area contributed by atoms with Crippen molar-refractivity contribution in [3.05, 3.63) is 63.1 Å². The zero-order valence-corrected chi connectivity index (χ0v) is 18.1. The predicted molar refractivity (Wildman–Crippen MR) is 115 cm³/mol. The highest BCUT2D eigenvalue weighted by atomic mass is 35.5. The summed E-state index contributed by atoms with van der Waals surface area (Å²) in [5, 5.41) is 15.6. The lowest BCUT2D eigenvalue weighted by atomic mass is 10.0. The van der Waals surface area contributed by atoms with Crippen LogP contribution >= 0.6 is 12.4 Å². The molecule has 4 rings (SSSR count). The van der Waals surface area contributed by atoms with Gasteiger partial charge in [-0.3, -0.25) is 24.1 Å². The highest BCUT2D eigenvalue weighted by Crippen LogP contribution is 2.25. The molecule has 2 aromatic rings. The van der Waals surface area contributed by atoms with Gasteiger partial charge in [0.05, 0.1) is 5.56 Å². The minimum absolute atomic E-state index is 0. The molecule has 1 atom stereocenters. The summed E-state index contributed by atoms with van der Waals surface area (Å²) in [6, 6.07) is 3.08. The SMILES string of the molecule is CCN1C(=O)c2c(O)c(=O)c(C(=O)CCc3ccc(F)cc3F)cn2N2CCNC[C@@H]12.Cl. The van der Waals surface area contributed by atoms with Crippen LogP contribution in [0.2, 0.25) is 0 Å². The molecule has 1 saturated heterocycles. The number of rotatable bonds is 5. The number of carbonyl (C=O) groups excluding carboxylic acids is 2. The van der Waals surface area contributed by atoms with Gasteiger partial charge in [-0.25, -0.2) is 8.78 Å². The molecule has 172 valence electrons. The van der Waals surface area contributed by atoms with Crippen LogP contribution < -0.4 is 15.8 Å². The van der Waals surface area contributed by atoms with Crippen LogP contribution in [-0.2, 0) is 6.42 Å². The summed E-state index contributed by atoms with van der Waals surface area (Å²) >= 11 is 0. The van der Waals surface area contributed by atoms with Gasteiger partial charge in [-0.05, 0) is 25.0 Å². The Kier molecular flexibility index (Phi) is 6.85. The molecule has 1 aromatic heterocycles. The van der Waals surface area contributed by atoms with Gasteiger partial charge in [0.1, 0.15) is 17.8 Å². The maximum atomic E-state index is 13.9. The summed E-state index contributed by atoms with van der Waals surface area (Å²) in [6.45, 7) is 3.82. The normalized spacial score (nSPS) is 17.5. The van der Waals surface area contributed by atoms with E-state index in [9.17, 15) is 28.3 Å². The number of aromatic nitrogens is 1. The molecule has 2 aliphatic rings. The van der Waals surface area contributed by atoms with Crippen molar-refractivity contribution < 1.29 is 23.5 Å². The van der Waals surface area contributed by atoms with Gasteiger partial charge in [-0.1, -0.05) is 6.07 Å². The first kappa shape index (κ1) is 23.7. The second-order valence-corrected chi connectivity index (χ2v) is 7.51. The van der Waals surface area contributed by atoms with E-state index in [2.05, 4.69) is 5.32 Å². The Morgan fingerprint density at radius 3 is 2.72 bits per heavy atom. The second kappa shape index (κ2) is 9.25. The second-order valence-electron chi connectivity index (χ2n) is 7.51. The topological polar surface area (TPSA) is 94.9 Å². The molecule has 0 spiro atoms. The van der Waals surface area contributed by atoms with Crippen molar-refractivity contribution in [1.82, 2.24) is 14.9 Å². The average Bonchev–Trinajstić information content (AvgIpc) is 2.75. The van der Waals surface area contributed by atoms with Gasteiger partial charge in [0.15, 0.2) is 17.2 Å². The number of likely N-dealkylation sites (N-methyl/N-ethyl adjacent to an activating group) is 1. The number of benzene rings is 1. The largest absolute Gasteiger partial charge is 0.502 e. The van der Waals surface area contributed by atoms with Crippen molar-refractivity contribution in [2.24, 2.45) is 0 Å². The first-order valence-electron chi connectivity index (χ1n) is 10.1. The van der Waals surface area contributed by atoms with E-state index in [1.54, 1.807) is 4.90 Å². The molecular weight excluding hydrogens is 446 g/mol. The quantitative estimate of drug-likeness (QED) is 0.644. The van der Waals surface area contributed by atoms with Gasteiger partial charge in [0.2, 0.25) is 5.43 Å². The van der Waals surface area contributed by atoms with E-state index < -0.39 is 34.5 Å². The van der Waals surface area contributed by atoms with Crippen LogP contribution in [0.25, 0.3) is 0 Å². The minimum atomic E-state index is -0.936. The van der Waals surface area contributed by atoms with Gasteiger partial charge >= 0.3 is 0 Å². The van der Waals surface area contributed by atoms with Gasteiger partial charge < -0.3 is 15.3 Å². The Hall–Kier alpha value is -2.98. The van der Waals surface area contributed by atoms with Crippen molar-refractivity contribution in [1.29, 1.82) is 0 Å². The molecule has 2 aliphatic heterocycles. The first-order chi connectivity index (χ1) is 14.8. The van der Waals surface area contributed by atoms with Crippen molar-refractivity contribution in [2.75, 3.05) is 31.2 Å². The van der Waals surface area contributed by atoms with E-state index in [0.717, 1.165) is 12.1 Å². The van der Waals surface area contributed by atoms with Crippen molar-refractivity contribution in [3.63, 3.8) is 0 Å². The van der Waals surface area contributed by atoms with Crippen LogP contribution in [0.3, 0.4) is 0 Å². The smallest absolute Gasteiger partial charge is 0.278 e. The summed E-state index contributed by atoms with van der Waals surface area (Å²) in [4.78, 5) is 39.9. The molecule has 1 fully saturated rings. The summed E-state index contributed by atoms with van der Waals surface area (Å²) < 4.78 is 28.3. The lowest BCUT2D eigenvalue weighted by Crippen LogP contribution is -2.68. The number of fused-ring (bicyclic) bond motifs is 3. The fourth-order valence-corrected chi connectivity index (χ4v) is 4.12. The van der Waals surface area contributed by atoms with Gasteiger partial charge in [-0.2, -0.15) is 0 Å². The number of halogens is 3.